The summed E-state index contributed by atoms with van der Waals surface area (Å²) in [5.74, 6) is 0.121. The predicted octanol–water partition coefficient (Wildman–Crippen LogP) is 0.981. The van der Waals surface area contributed by atoms with Gasteiger partial charge in [-0.3, -0.25) is 9.59 Å². The summed E-state index contributed by atoms with van der Waals surface area (Å²) in [5.41, 5.74) is 2.48. The molecule has 1 N–H and O–H groups in total. The molecule has 114 valence electrons. The Labute approximate surface area is 126 Å². The summed E-state index contributed by atoms with van der Waals surface area (Å²) in [6, 6.07) is 1.85. The third kappa shape index (κ3) is 2.13. The van der Waals surface area contributed by atoms with Crippen LogP contribution in [0.15, 0.2) is 10.6 Å². The van der Waals surface area contributed by atoms with Crippen LogP contribution >= 0.6 is 0 Å². The normalized spacial score (nSPS) is 18.6. The molecular weight excluding hydrogens is 284 g/mol. The molecule has 0 spiro atoms. The van der Waals surface area contributed by atoms with Gasteiger partial charge in [-0.15, -0.1) is 0 Å². The van der Waals surface area contributed by atoms with E-state index in [-0.39, 0.29) is 18.4 Å². The summed E-state index contributed by atoms with van der Waals surface area (Å²) >= 11 is 0. The highest BCUT2D eigenvalue weighted by molar-refractivity contribution is 6.07. The van der Waals surface area contributed by atoms with Gasteiger partial charge in [-0.25, -0.2) is 4.98 Å². The number of fused-ring (bicyclic) bond motifs is 1. The van der Waals surface area contributed by atoms with Gasteiger partial charge in [-0.05, 0) is 25.8 Å². The van der Waals surface area contributed by atoms with E-state index in [4.69, 9.17) is 4.52 Å². The van der Waals surface area contributed by atoms with E-state index in [2.05, 4.69) is 15.5 Å². The molecule has 0 atom stereocenters. The fourth-order valence-electron chi connectivity index (χ4n) is 2.85. The SMILES string of the molecule is Cc1noc2nc(C3CC3)cc(C(=O)N3CCNC(=O)C3)c12. The van der Waals surface area contributed by atoms with E-state index < -0.39 is 0 Å². The summed E-state index contributed by atoms with van der Waals surface area (Å²) in [5, 5.41) is 7.31. The number of aryl methyl sites for hydroxylation is 1. The number of hydrogen-bond acceptors (Lipinski definition) is 5. The second-order valence-electron chi connectivity index (χ2n) is 5.89. The van der Waals surface area contributed by atoms with Crippen molar-refractivity contribution in [2.75, 3.05) is 19.6 Å². The molecular formula is C15H16N4O3. The number of carbonyl (C=O) groups is 2. The highest BCUT2D eigenvalue weighted by Crippen LogP contribution is 2.40. The maximum Gasteiger partial charge on any atom is 0.259 e. The monoisotopic (exact) mass is 300 g/mol. The quantitative estimate of drug-likeness (QED) is 0.893. The molecule has 2 aromatic rings. The third-order valence-electron chi connectivity index (χ3n) is 4.19. The van der Waals surface area contributed by atoms with Crippen molar-refractivity contribution in [3.8, 4) is 0 Å². The zero-order chi connectivity index (χ0) is 15.3. The smallest absolute Gasteiger partial charge is 0.259 e. The number of hydrogen-bond donors (Lipinski definition) is 1. The van der Waals surface area contributed by atoms with E-state index in [0.29, 0.717) is 41.4 Å². The van der Waals surface area contributed by atoms with Gasteiger partial charge in [0.25, 0.3) is 11.6 Å². The Hall–Kier alpha value is -2.44. The van der Waals surface area contributed by atoms with Crippen molar-refractivity contribution in [1.29, 1.82) is 0 Å². The minimum absolute atomic E-state index is 0.0890. The van der Waals surface area contributed by atoms with E-state index in [9.17, 15) is 9.59 Å². The zero-order valence-corrected chi connectivity index (χ0v) is 12.3. The first-order valence-corrected chi connectivity index (χ1v) is 7.46. The summed E-state index contributed by atoms with van der Waals surface area (Å²) in [6.45, 7) is 2.88. The Morgan fingerprint density at radius 3 is 3.00 bits per heavy atom. The van der Waals surface area contributed by atoms with Gasteiger partial charge < -0.3 is 14.7 Å². The van der Waals surface area contributed by atoms with E-state index in [1.54, 1.807) is 11.8 Å². The fraction of sp³-hybridized carbons (Fsp3) is 0.467. The Morgan fingerprint density at radius 2 is 2.27 bits per heavy atom. The van der Waals surface area contributed by atoms with Crippen LogP contribution in [0.3, 0.4) is 0 Å². The lowest BCUT2D eigenvalue weighted by Gasteiger charge is -2.27. The van der Waals surface area contributed by atoms with E-state index in [1.165, 1.54) is 0 Å². The number of nitrogens with zero attached hydrogens (tertiary/aromatic N) is 3. The number of amides is 2. The molecule has 1 saturated heterocycles. The lowest BCUT2D eigenvalue weighted by Crippen LogP contribution is -2.50. The first-order valence-electron chi connectivity index (χ1n) is 7.46. The van der Waals surface area contributed by atoms with Gasteiger partial charge in [0.2, 0.25) is 5.91 Å². The highest BCUT2D eigenvalue weighted by atomic mass is 16.5. The summed E-state index contributed by atoms with van der Waals surface area (Å²) in [4.78, 5) is 30.4. The molecule has 1 aliphatic carbocycles. The van der Waals surface area contributed by atoms with Crippen LogP contribution in [0.1, 0.15) is 40.5 Å². The van der Waals surface area contributed by atoms with E-state index in [0.717, 1.165) is 18.5 Å². The first-order chi connectivity index (χ1) is 10.6. The van der Waals surface area contributed by atoms with Crippen LogP contribution in [0.4, 0.5) is 0 Å². The topological polar surface area (TPSA) is 88.3 Å². The number of piperazine rings is 1. The lowest BCUT2D eigenvalue weighted by atomic mass is 10.1. The average molecular weight is 300 g/mol. The maximum absolute atomic E-state index is 12.9. The van der Waals surface area contributed by atoms with Crippen molar-refractivity contribution in [3.63, 3.8) is 0 Å². The second kappa shape index (κ2) is 4.79. The number of carbonyl (C=O) groups excluding carboxylic acids is 2. The molecule has 7 nitrogen and oxygen atoms in total. The van der Waals surface area contributed by atoms with E-state index >= 15 is 0 Å². The predicted molar refractivity (Wildman–Crippen MR) is 77.4 cm³/mol. The maximum atomic E-state index is 12.9. The Bertz CT molecular complexity index is 778. The standard InChI is InChI=1S/C15H16N4O3/c1-8-13-10(15(21)19-5-4-16-12(20)7-19)6-11(9-2-3-9)17-14(13)22-18-8/h6,9H,2-5,7H2,1H3,(H,16,20). The molecule has 4 rings (SSSR count). The molecule has 0 aromatic carbocycles. The van der Waals surface area contributed by atoms with Crippen molar-refractivity contribution in [2.24, 2.45) is 0 Å². The average Bonchev–Trinajstić information content (AvgIpc) is 3.30. The molecule has 22 heavy (non-hydrogen) atoms. The van der Waals surface area contributed by atoms with Crippen molar-refractivity contribution in [1.82, 2.24) is 20.4 Å². The summed E-state index contributed by atoms with van der Waals surface area (Å²) in [7, 11) is 0. The molecule has 1 saturated carbocycles. The molecule has 7 heteroatoms. The van der Waals surface area contributed by atoms with Crippen LogP contribution in [0.25, 0.3) is 11.1 Å². The van der Waals surface area contributed by atoms with Crippen LogP contribution in [-0.4, -0.2) is 46.5 Å². The van der Waals surface area contributed by atoms with Crippen molar-refractivity contribution >= 4 is 22.9 Å². The molecule has 2 aromatic heterocycles. The molecule has 2 aliphatic rings. The van der Waals surface area contributed by atoms with Crippen LogP contribution in [0.5, 0.6) is 0 Å². The molecule has 0 unspecified atom stereocenters. The largest absolute Gasteiger partial charge is 0.353 e. The van der Waals surface area contributed by atoms with Crippen LogP contribution in [0.2, 0.25) is 0 Å². The van der Waals surface area contributed by atoms with Crippen LogP contribution < -0.4 is 5.32 Å². The second-order valence-corrected chi connectivity index (χ2v) is 5.89. The summed E-state index contributed by atoms with van der Waals surface area (Å²) in [6.07, 6.45) is 2.18. The van der Waals surface area contributed by atoms with Gasteiger partial charge in [0.05, 0.1) is 23.2 Å². The molecule has 3 heterocycles. The van der Waals surface area contributed by atoms with Crippen molar-refractivity contribution < 1.29 is 14.1 Å². The summed E-state index contributed by atoms with van der Waals surface area (Å²) < 4.78 is 5.26. The number of pyridine rings is 1. The third-order valence-corrected chi connectivity index (χ3v) is 4.19. The molecule has 2 fully saturated rings. The minimum atomic E-state index is -0.157. The van der Waals surface area contributed by atoms with Gasteiger partial charge in [0.15, 0.2) is 0 Å². The first kappa shape index (κ1) is 13.2. The fourth-order valence-corrected chi connectivity index (χ4v) is 2.85. The van der Waals surface area contributed by atoms with Gasteiger partial charge in [0, 0.05) is 24.7 Å². The van der Waals surface area contributed by atoms with Gasteiger partial charge in [-0.2, -0.15) is 0 Å². The van der Waals surface area contributed by atoms with Gasteiger partial charge in [0.1, 0.15) is 0 Å². The number of rotatable bonds is 2. The Kier molecular flexibility index (Phi) is 2.88. The lowest BCUT2D eigenvalue weighted by molar-refractivity contribution is -0.123. The van der Waals surface area contributed by atoms with Crippen LogP contribution in [-0.2, 0) is 4.79 Å². The number of nitrogens with one attached hydrogen (secondary N) is 1. The molecule has 0 radical (unpaired) electrons. The molecule has 2 amide bonds. The zero-order valence-electron chi connectivity index (χ0n) is 12.3. The molecule has 0 bridgehead atoms. The molecule has 1 aliphatic heterocycles. The highest BCUT2D eigenvalue weighted by Gasteiger charge is 2.30. The Morgan fingerprint density at radius 1 is 1.45 bits per heavy atom. The van der Waals surface area contributed by atoms with Crippen LogP contribution in [0, 0.1) is 6.92 Å². The van der Waals surface area contributed by atoms with Gasteiger partial charge in [-0.1, -0.05) is 5.16 Å². The van der Waals surface area contributed by atoms with Crippen molar-refractivity contribution in [3.05, 3.63) is 23.0 Å². The Balaban J connectivity index is 1.80. The van der Waals surface area contributed by atoms with Gasteiger partial charge >= 0.3 is 0 Å². The van der Waals surface area contributed by atoms with E-state index in [1.807, 2.05) is 6.07 Å². The van der Waals surface area contributed by atoms with Crippen molar-refractivity contribution in [2.45, 2.75) is 25.7 Å². The number of aromatic nitrogens is 2. The minimum Gasteiger partial charge on any atom is -0.353 e.